The molecule has 0 radical (unpaired) electrons. The number of hydrogen-bond acceptors (Lipinski definition) is 5. The van der Waals surface area contributed by atoms with Crippen LogP contribution in [0.4, 0.5) is 10.1 Å². The number of nitrogens with one attached hydrogen (secondary N) is 1. The predicted octanol–water partition coefficient (Wildman–Crippen LogP) is 1.04. The Morgan fingerprint density at radius 3 is 2.30 bits per heavy atom. The number of benzene rings is 1. The Morgan fingerprint density at radius 1 is 1.25 bits per heavy atom. The van der Waals surface area contributed by atoms with E-state index in [9.17, 15) is 14.0 Å². The van der Waals surface area contributed by atoms with E-state index in [1.807, 2.05) is 0 Å². The van der Waals surface area contributed by atoms with Crippen LogP contribution in [0.15, 0.2) is 12.1 Å². The number of carboxylic acids is 2. The van der Waals surface area contributed by atoms with Crippen molar-refractivity contribution in [1.82, 2.24) is 0 Å². The molecule has 0 saturated heterocycles. The van der Waals surface area contributed by atoms with Crippen LogP contribution >= 0.6 is 0 Å². The van der Waals surface area contributed by atoms with Gasteiger partial charge in [-0.1, -0.05) is 0 Å². The van der Waals surface area contributed by atoms with Crippen molar-refractivity contribution in [2.24, 2.45) is 5.92 Å². The summed E-state index contributed by atoms with van der Waals surface area (Å²) >= 11 is 0. The zero-order chi connectivity index (χ0) is 15.3. The highest BCUT2D eigenvalue weighted by atomic mass is 19.1. The fourth-order valence-electron chi connectivity index (χ4n) is 1.52. The Labute approximate surface area is 113 Å². The number of aliphatic carboxylic acids is 2. The lowest BCUT2D eigenvalue weighted by molar-refractivity contribution is -0.153. The summed E-state index contributed by atoms with van der Waals surface area (Å²) in [4.78, 5) is 21.4. The van der Waals surface area contributed by atoms with Crippen molar-refractivity contribution >= 4 is 17.6 Å². The quantitative estimate of drug-likeness (QED) is 0.643. The predicted molar refractivity (Wildman–Crippen MR) is 66.8 cm³/mol. The molecule has 0 bridgehead atoms. The molecule has 0 unspecified atom stereocenters. The molecule has 0 aliphatic rings. The van der Waals surface area contributed by atoms with Crippen LogP contribution in [0.1, 0.15) is 0 Å². The van der Waals surface area contributed by atoms with Gasteiger partial charge >= 0.3 is 11.9 Å². The largest absolute Gasteiger partial charge is 0.493 e. The Morgan fingerprint density at radius 2 is 1.85 bits per heavy atom. The summed E-state index contributed by atoms with van der Waals surface area (Å²) in [5, 5.41) is 20.0. The normalized spacial score (nSPS) is 10.2. The molecule has 0 aliphatic heterocycles. The molecule has 7 nitrogen and oxygen atoms in total. The molecule has 0 heterocycles. The third kappa shape index (κ3) is 3.50. The van der Waals surface area contributed by atoms with Crippen molar-refractivity contribution in [3.05, 3.63) is 17.9 Å². The van der Waals surface area contributed by atoms with Crippen molar-refractivity contribution in [2.75, 3.05) is 26.1 Å². The first-order valence-corrected chi connectivity index (χ1v) is 5.51. The van der Waals surface area contributed by atoms with Crippen LogP contribution < -0.4 is 14.8 Å². The monoisotopic (exact) mass is 287 g/mol. The molecule has 1 aromatic rings. The number of rotatable bonds is 7. The van der Waals surface area contributed by atoms with Crippen LogP contribution in [0.2, 0.25) is 0 Å². The second-order valence-corrected chi connectivity index (χ2v) is 3.80. The summed E-state index contributed by atoms with van der Waals surface area (Å²) in [6.07, 6.45) is 0. The van der Waals surface area contributed by atoms with Crippen LogP contribution in [-0.2, 0) is 9.59 Å². The fraction of sp³-hybridized carbons (Fsp3) is 0.333. The van der Waals surface area contributed by atoms with E-state index < -0.39 is 23.7 Å². The molecule has 0 amide bonds. The van der Waals surface area contributed by atoms with Crippen LogP contribution in [0.5, 0.6) is 11.5 Å². The summed E-state index contributed by atoms with van der Waals surface area (Å²) in [7, 11) is 2.59. The Hall–Kier alpha value is -2.51. The standard InChI is InChI=1S/C12H14FNO6/c1-19-9-4-6(3-8(13)10(9)20-2)14-5-7(11(15)16)12(17)18/h3-4,7,14H,5H2,1-2H3,(H,15,16)(H,17,18). The van der Waals surface area contributed by atoms with Crippen molar-refractivity contribution in [3.63, 3.8) is 0 Å². The van der Waals surface area contributed by atoms with Crippen molar-refractivity contribution in [2.45, 2.75) is 0 Å². The average Bonchev–Trinajstić information content (AvgIpc) is 2.37. The second-order valence-electron chi connectivity index (χ2n) is 3.80. The molecule has 0 aliphatic carbocycles. The SMILES string of the molecule is COc1cc(NCC(C(=O)O)C(=O)O)cc(F)c1OC. The number of ether oxygens (including phenoxy) is 2. The van der Waals surface area contributed by atoms with Gasteiger partial charge in [0.1, 0.15) is 0 Å². The van der Waals surface area contributed by atoms with Gasteiger partial charge < -0.3 is 25.0 Å². The van der Waals surface area contributed by atoms with E-state index in [-0.39, 0.29) is 23.7 Å². The molecule has 20 heavy (non-hydrogen) atoms. The molecule has 110 valence electrons. The molecule has 0 saturated carbocycles. The minimum atomic E-state index is -1.63. The van der Waals surface area contributed by atoms with Gasteiger partial charge in [-0.15, -0.1) is 0 Å². The average molecular weight is 287 g/mol. The smallest absolute Gasteiger partial charge is 0.319 e. The van der Waals surface area contributed by atoms with Gasteiger partial charge in [-0.05, 0) is 0 Å². The van der Waals surface area contributed by atoms with Gasteiger partial charge in [-0.3, -0.25) is 9.59 Å². The van der Waals surface area contributed by atoms with Gasteiger partial charge in [0.25, 0.3) is 0 Å². The lowest BCUT2D eigenvalue weighted by atomic mass is 10.1. The fourth-order valence-corrected chi connectivity index (χ4v) is 1.52. The lowest BCUT2D eigenvalue weighted by Crippen LogP contribution is -2.30. The summed E-state index contributed by atoms with van der Waals surface area (Å²) < 4.78 is 23.4. The lowest BCUT2D eigenvalue weighted by Gasteiger charge is -2.13. The summed E-state index contributed by atoms with van der Waals surface area (Å²) in [5.41, 5.74) is 0.188. The highest BCUT2D eigenvalue weighted by Gasteiger charge is 2.25. The van der Waals surface area contributed by atoms with E-state index in [0.29, 0.717) is 0 Å². The highest BCUT2D eigenvalue weighted by molar-refractivity contribution is 5.93. The molecular weight excluding hydrogens is 273 g/mol. The van der Waals surface area contributed by atoms with Gasteiger partial charge in [-0.2, -0.15) is 0 Å². The van der Waals surface area contributed by atoms with Crippen LogP contribution in [0.3, 0.4) is 0 Å². The number of hydrogen-bond donors (Lipinski definition) is 3. The van der Waals surface area contributed by atoms with Gasteiger partial charge in [0.15, 0.2) is 23.2 Å². The maximum Gasteiger partial charge on any atom is 0.319 e. The second kappa shape index (κ2) is 6.60. The van der Waals surface area contributed by atoms with Crippen LogP contribution in [-0.4, -0.2) is 42.9 Å². The van der Waals surface area contributed by atoms with Gasteiger partial charge in [-0.25, -0.2) is 4.39 Å². The van der Waals surface area contributed by atoms with E-state index in [0.717, 1.165) is 6.07 Å². The zero-order valence-corrected chi connectivity index (χ0v) is 10.8. The van der Waals surface area contributed by atoms with E-state index in [2.05, 4.69) is 5.32 Å². The molecule has 3 N–H and O–H groups in total. The van der Waals surface area contributed by atoms with E-state index in [4.69, 9.17) is 19.7 Å². The molecule has 1 aromatic carbocycles. The highest BCUT2D eigenvalue weighted by Crippen LogP contribution is 2.33. The summed E-state index contributed by atoms with van der Waals surface area (Å²) in [6, 6.07) is 2.44. The first-order chi connectivity index (χ1) is 9.40. The van der Waals surface area contributed by atoms with E-state index >= 15 is 0 Å². The first kappa shape index (κ1) is 15.5. The topological polar surface area (TPSA) is 105 Å². The third-order valence-corrected chi connectivity index (χ3v) is 2.54. The number of methoxy groups -OCH3 is 2. The third-order valence-electron chi connectivity index (χ3n) is 2.54. The number of anilines is 1. The molecule has 0 aromatic heterocycles. The van der Waals surface area contributed by atoms with Crippen molar-refractivity contribution in [1.29, 1.82) is 0 Å². The number of carbonyl (C=O) groups is 2. The summed E-state index contributed by atoms with van der Waals surface area (Å²) in [6.45, 7) is -0.389. The van der Waals surface area contributed by atoms with Crippen molar-refractivity contribution in [3.8, 4) is 11.5 Å². The van der Waals surface area contributed by atoms with Gasteiger partial charge in [0.2, 0.25) is 0 Å². The molecule has 1 rings (SSSR count). The minimum Gasteiger partial charge on any atom is -0.493 e. The maximum atomic E-state index is 13.7. The van der Waals surface area contributed by atoms with E-state index in [1.165, 1.54) is 20.3 Å². The summed E-state index contributed by atoms with van der Waals surface area (Å²) in [5.74, 6) is -5.29. The van der Waals surface area contributed by atoms with Crippen molar-refractivity contribution < 1.29 is 33.7 Å². The Kier molecular flexibility index (Phi) is 5.13. The van der Waals surface area contributed by atoms with Gasteiger partial charge in [0.05, 0.1) is 14.2 Å². The Balaban J connectivity index is 2.91. The van der Waals surface area contributed by atoms with Crippen LogP contribution in [0, 0.1) is 11.7 Å². The van der Waals surface area contributed by atoms with Crippen LogP contribution in [0.25, 0.3) is 0 Å². The minimum absolute atomic E-state index is 0.0916. The molecule has 0 spiro atoms. The van der Waals surface area contributed by atoms with E-state index in [1.54, 1.807) is 0 Å². The molecular formula is C12H14FNO6. The molecule has 0 fully saturated rings. The molecule has 0 atom stereocenters. The number of carboxylic acid groups (broad SMARTS) is 2. The number of halogens is 1. The zero-order valence-electron chi connectivity index (χ0n) is 10.8. The first-order valence-electron chi connectivity index (χ1n) is 5.51. The maximum absolute atomic E-state index is 13.7. The molecule has 8 heteroatoms. The van der Waals surface area contributed by atoms with Gasteiger partial charge in [0, 0.05) is 24.4 Å². The Bertz CT molecular complexity index is 505.